The van der Waals surface area contributed by atoms with Crippen LogP contribution in [0.25, 0.3) is 0 Å². The Morgan fingerprint density at radius 1 is 1.57 bits per heavy atom. The largest absolute Gasteiger partial charge is 0.504 e. The Hall–Kier alpha value is -1.42. The highest BCUT2D eigenvalue weighted by atomic mass is 35.5. The van der Waals surface area contributed by atoms with Gasteiger partial charge in [0.25, 0.3) is 0 Å². The first-order valence-electron chi connectivity index (χ1n) is 4.01. The van der Waals surface area contributed by atoms with Crippen LogP contribution in [0.5, 0.6) is 11.5 Å². The van der Waals surface area contributed by atoms with Gasteiger partial charge in [-0.25, -0.2) is 4.79 Å². The van der Waals surface area contributed by atoms with Crippen molar-refractivity contribution in [2.45, 2.75) is 6.42 Å². The van der Waals surface area contributed by atoms with Crippen LogP contribution < -0.4 is 4.74 Å². The molecule has 0 saturated heterocycles. The summed E-state index contributed by atoms with van der Waals surface area (Å²) in [6, 6.07) is 1.24. The average molecular weight is 215 g/mol. The number of aromatic hydroxyl groups is 1. The summed E-state index contributed by atoms with van der Waals surface area (Å²) in [5.74, 6) is -1.35. The molecule has 14 heavy (non-hydrogen) atoms. The summed E-state index contributed by atoms with van der Waals surface area (Å²) in [7, 11) is 0. The molecule has 1 aromatic carbocycles. The minimum atomic E-state index is -1.22. The molecule has 4 nitrogen and oxygen atoms in total. The summed E-state index contributed by atoms with van der Waals surface area (Å²) in [5.41, 5.74) is 0.449. The lowest BCUT2D eigenvalue weighted by molar-refractivity contribution is 0.0693. The van der Waals surface area contributed by atoms with E-state index in [0.29, 0.717) is 23.6 Å². The fourth-order valence-electron chi connectivity index (χ4n) is 1.46. The van der Waals surface area contributed by atoms with Gasteiger partial charge in [0.05, 0.1) is 6.61 Å². The number of rotatable bonds is 1. The second-order valence-electron chi connectivity index (χ2n) is 2.97. The molecule has 0 atom stereocenters. The first kappa shape index (κ1) is 9.15. The van der Waals surface area contributed by atoms with Gasteiger partial charge in [0.15, 0.2) is 11.5 Å². The topological polar surface area (TPSA) is 66.8 Å². The molecule has 0 fully saturated rings. The van der Waals surface area contributed by atoms with Crippen molar-refractivity contribution in [3.05, 3.63) is 22.2 Å². The predicted molar refractivity (Wildman–Crippen MR) is 49.3 cm³/mol. The van der Waals surface area contributed by atoms with Crippen molar-refractivity contribution >= 4 is 17.6 Å². The lowest BCUT2D eigenvalue weighted by Crippen LogP contribution is -1.98. The highest BCUT2D eigenvalue weighted by Crippen LogP contribution is 2.41. The first-order chi connectivity index (χ1) is 6.61. The van der Waals surface area contributed by atoms with Crippen LogP contribution >= 0.6 is 11.6 Å². The van der Waals surface area contributed by atoms with Gasteiger partial charge >= 0.3 is 5.97 Å². The van der Waals surface area contributed by atoms with Crippen molar-refractivity contribution in [2.24, 2.45) is 0 Å². The fourth-order valence-corrected chi connectivity index (χ4v) is 1.75. The Kier molecular flexibility index (Phi) is 2.00. The van der Waals surface area contributed by atoms with E-state index in [2.05, 4.69) is 0 Å². The minimum Gasteiger partial charge on any atom is -0.504 e. The molecule has 1 aromatic rings. The number of carboxylic acids is 1. The summed E-state index contributed by atoms with van der Waals surface area (Å²) in [5, 5.41) is 18.6. The van der Waals surface area contributed by atoms with Crippen LogP contribution in [0.1, 0.15) is 15.9 Å². The van der Waals surface area contributed by atoms with Gasteiger partial charge in [0, 0.05) is 17.0 Å². The Balaban J connectivity index is 2.68. The summed E-state index contributed by atoms with van der Waals surface area (Å²) in [4.78, 5) is 10.7. The van der Waals surface area contributed by atoms with E-state index in [0.717, 1.165) is 0 Å². The third-order valence-corrected chi connectivity index (χ3v) is 2.47. The lowest BCUT2D eigenvalue weighted by atomic mass is 10.1. The van der Waals surface area contributed by atoms with Crippen molar-refractivity contribution in [2.75, 3.05) is 6.61 Å². The van der Waals surface area contributed by atoms with E-state index in [-0.39, 0.29) is 17.1 Å². The summed E-state index contributed by atoms with van der Waals surface area (Å²) >= 11 is 5.84. The Labute approximate surface area is 84.7 Å². The number of fused-ring (bicyclic) bond motifs is 1. The van der Waals surface area contributed by atoms with Crippen molar-refractivity contribution in [1.82, 2.24) is 0 Å². The number of carbonyl (C=O) groups is 1. The van der Waals surface area contributed by atoms with Crippen LogP contribution in [0.15, 0.2) is 6.07 Å². The monoisotopic (exact) mass is 214 g/mol. The van der Waals surface area contributed by atoms with Gasteiger partial charge in [0.2, 0.25) is 0 Å². The number of ether oxygens (including phenoxy) is 1. The molecule has 5 heteroatoms. The van der Waals surface area contributed by atoms with Crippen LogP contribution in [-0.4, -0.2) is 22.8 Å². The van der Waals surface area contributed by atoms with Crippen LogP contribution in [0.4, 0.5) is 0 Å². The lowest BCUT2D eigenvalue weighted by Gasteiger charge is -2.06. The molecule has 2 rings (SSSR count). The quantitative estimate of drug-likeness (QED) is 0.747. The predicted octanol–water partition coefficient (Wildman–Crippen LogP) is 1.68. The number of halogens is 1. The first-order valence-corrected chi connectivity index (χ1v) is 4.39. The van der Waals surface area contributed by atoms with Crippen molar-refractivity contribution in [3.8, 4) is 11.5 Å². The van der Waals surface area contributed by atoms with Crippen molar-refractivity contribution in [1.29, 1.82) is 0 Å². The van der Waals surface area contributed by atoms with Gasteiger partial charge in [-0.15, -0.1) is 0 Å². The number of benzene rings is 1. The van der Waals surface area contributed by atoms with E-state index in [1.807, 2.05) is 0 Å². The average Bonchev–Trinajstić information content (AvgIpc) is 2.59. The number of hydrogen-bond donors (Lipinski definition) is 2. The van der Waals surface area contributed by atoms with Gasteiger partial charge in [0.1, 0.15) is 5.56 Å². The highest BCUT2D eigenvalue weighted by Gasteiger charge is 2.25. The zero-order valence-corrected chi connectivity index (χ0v) is 7.84. The Morgan fingerprint density at radius 2 is 2.29 bits per heavy atom. The van der Waals surface area contributed by atoms with E-state index < -0.39 is 5.97 Å². The van der Waals surface area contributed by atoms with Crippen LogP contribution in [-0.2, 0) is 6.42 Å². The zero-order chi connectivity index (χ0) is 10.3. The normalized spacial score (nSPS) is 13.5. The molecule has 0 bridgehead atoms. The maximum atomic E-state index is 10.7. The molecule has 74 valence electrons. The van der Waals surface area contributed by atoms with Crippen LogP contribution in [0, 0.1) is 0 Å². The van der Waals surface area contributed by atoms with E-state index in [1.54, 1.807) is 0 Å². The highest BCUT2D eigenvalue weighted by molar-refractivity contribution is 6.32. The maximum absolute atomic E-state index is 10.7. The van der Waals surface area contributed by atoms with Crippen molar-refractivity contribution in [3.63, 3.8) is 0 Å². The van der Waals surface area contributed by atoms with Crippen LogP contribution in [0.2, 0.25) is 5.02 Å². The Bertz CT molecular complexity index is 414. The molecule has 0 amide bonds. The van der Waals surface area contributed by atoms with E-state index in [1.165, 1.54) is 6.07 Å². The van der Waals surface area contributed by atoms with E-state index in [9.17, 15) is 9.90 Å². The van der Waals surface area contributed by atoms with Crippen molar-refractivity contribution < 1.29 is 19.7 Å². The minimum absolute atomic E-state index is 0.204. The molecule has 0 aliphatic carbocycles. The molecule has 0 aromatic heterocycles. The molecule has 0 saturated carbocycles. The second-order valence-corrected chi connectivity index (χ2v) is 3.37. The molecular formula is C9H7ClO4. The smallest absolute Gasteiger partial charge is 0.339 e. The van der Waals surface area contributed by atoms with Gasteiger partial charge in [-0.05, 0) is 6.07 Å². The number of carboxylic acid groups (broad SMARTS) is 1. The van der Waals surface area contributed by atoms with Gasteiger partial charge in [-0.2, -0.15) is 0 Å². The van der Waals surface area contributed by atoms with Gasteiger partial charge in [-0.1, -0.05) is 11.6 Å². The molecule has 1 aliphatic rings. The number of phenols is 1. The second kappa shape index (κ2) is 3.06. The molecule has 1 heterocycles. The van der Waals surface area contributed by atoms with E-state index >= 15 is 0 Å². The maximum Gasteiger partial charge on any atom is 0.339 e. The SMILES string of the molecule is O=C(O)c1cc(Cl)c2c(c1O)OCC2. The van der Waals surface area contributed by atoms with E-state index in [4.69, 9.17) is 21.4 Å². The van der Waals surface area contributed by atoms with Gasteiger partial charge in [-0.3, -0.25) is 0 Å². The Morgan fingerprint density at radius 3 is 2.93 bits per heavy atom. The number of aromatic carboxylic acids is 1. The van der Waals surface area contributed by atoms with Crippen LogP contribution in [0.3, 0.4) is 0 Å². The standard InChI is InChI=1S/C9H7ClO4/c10-6-3-5(9(12)13)7(11)8-4(6)1-2-14-8/h3,11H,1-2H2,(H,12,13). The number of hydrogen-bond acceptors (Lipinski definition) is 3. The summed E-state index contributed by atoms with van der Waals surface area (Å²) < 4.78 is 5.10. The third kappa shape index (κ3) is 1.19. The zero-order valence-electron chi connectivity index (χ0n) is 7.08. The summed E-state index contributed by atoms with van der Waals surface area (Å²) in [6.45, 7) is 0.422. The molecule has 0 unspecified atom stereocenters. The molecule has 1 aliphatic heterocycles. The summed E-state index contributed by atoms with van der Waals surface area (Å²) in [6.07, 6.45) is 0.599. The molecule has 2 N–H and O–H groups in total. The molecule has 0 radical (unpaired) electrons. The molecule has 0 spiro atoms. The molecular weight excluding hydrogens is 208 g/mol. The van der Waals surface area contributed by atoms with Gasteiger partial charge < -0.3 is 14.9 Å². The fraction of sp³-hybridized carbons (Fsp3) is 0.222. The third-order valence-electron chi connectivity index (χ3n) is 2.13.